The van der Waals surface area contributed by atoms with Crippen LogP contribution in [-0.4, -0.2) is 44.7 Å². The van der Waals surface area contributed by atoms with E-state index in [1.165, 1.54) is 17.5 Å². The van der Waals surface area contributed by atoms with E-state index in [9.17, 15) is 4.39 Å². The highest BCUT2D eigenvalue weighted by Crippen LogP contribution is 2.44. The molecule has 7 nitrogen and oxygen atoms in total. The molecule has 0 N–H and O–H groups in total. The van der Waals surface area contributed by atoms with Crippen molar-refractivity contribution in [3.8, 4) is 11.8 Å². The third-order valence-electron chi connectivity index (χ3n) is 6.41. The second-order valence-electron chi connectivity index (χ2n) is 8.39. The van der Waals surface area contributed by atoms with Gasteiger partial charge in [-0.05, 0) is 48.8 Å². The summed E-state index contributed by atoms with van der Waals surface area (Å²) in [4.78, 5) is 6.95. The van der Waals surface area contributed by atoms with Crippen molar-refractivity contribution in [3.63, 3.8) is 0 Å². The predicted molar refractivity (Wildman–Crippen MR) is 120 cm³/mol. The fraction of sp³-hybridized carbons (Fsp3) is 0.455. The molecule has 0 spiro atoms. The molecular weight excluding hydrogens is 454 g/mol. The highest BCUT2D eigenvalue weighted by molar-refractivity contribution is 6.30. The first-order valence-corrected chi connectivity index (χ1v) is 11.5. The van der Waals surface area contributed by atoms with Crippen molar-refractivity contribution < 1.29 is 9.13 Å². The number of fused-ring (bicyclic) bond motifs is 2. The number of anilines is 1. The number of hydrogen-bond donors (Lipinski definition) is 0. The Morgan fingerprint density at radius 2 is 1.94 bits per heavy atom. The highest BCUT2D eigenvalue weighted by atomic mass is 35.5. The van der Waals surface area contributed by atoms with Crippen LogP contribution in [-0.2, 0) is 13.0 Å². The first kappa shape index (κ1) is 21.4. The van der Waals surface area contributed by atoms with Crippen LogP contribution in [0.2, 0.25) is 10.2 Å². The number of aromatic nitrogens is 5. The third-order valence-corrected chi connectivity index (χ3v) is 6.83. The van der Waals surface area contributed by atoms with Crippen molar-refractivity contribution >= 4 is 28.9 Å². The largest absolute Gasteiger partial charge is 0.424 e. The van der Waals surface area contributed by atoms with Crippen LogP contribution in [0.1, 0.15) is 18.7 Å². The minimum Gasteiger partial charge on any atom is -0.424 e. The van der Waals surface area contributed by atoms with Crippen LogP contribution in [0.25, 0.3) is 0 Å². The average Bonchev–Trinajstić information content (AvgIpc) is 3.23. The summed E-state index contributed by atoms with van der Waals surface area (Å²) in [6.07, 6.45) is 4.87. The van der Waals surface area contributed by atoms with Crippen molar-refractivity contribution in [2.75, 3.05) is 24.7 Å². The average molecular weight is 477 g/mol. The third kappa shape index (κ3) is 4.52. The molecule has 1 aliphatic heterocycles. The summed E-state index contributed by atoms with van der Waals surface area (Å²) in [5.74, 6) is 2.79. The maximum Gasteiger partial charge on any atom is 0.320 e. The van der Waals surface area contributed by atoms with Crippen LogP contribution in [0.3, 0.4) is 0 Å². The summed E-state index contributed by atoms with van der Waals surface area (Å²) in [7, 11) is 0. The van der Waals surface area contributed by atoms with Gasteiger partial charge in [0.1, 0.15) is 12.4 Å². The highest BCUT2D eigenvalue weighted by Gasteiger charge is 2.42. The molecule has 0 radical (unpaired) electrons. The molecule has 1 aromatic carbocycles. The molecule has 2 aromatic heterocycles. The monoisotopic (exact) mass is 476 g/mol. The van der Waals surface area contributed by atoms with E-state index < -0.39 is 6.67 Å². The molecule has 32 heavy (non-hydrogen) atoms. The zero-order chi connectivity index (χ0) is 22.1. The van der Waals surface area contributed by atoms with Gasteiger partial charge in [-0.2, -0.15) is 15.2 Å². The van der Waals surface area contributed by atoms with Crippen molar-refractivity contribution in [2.45, 2.75) is 25.8 Å². The Morgan fingerprint density at radius 3 is 2.66 bits per heavy atom. The van der Waals surface area contributed by atoms with Crippen LogP contribution in [0.15, 0.2) is 36.5 Å². The first-order chi connectivity index (χ1) is 15.6. The van der Waals surface area contributed by atoms with Crippen molar-refractivity contribution in [3.05, 3.63) is 52.5 Å². The summed E-state index contributed by atoms with van der Waals surface area (Å²) >= 11 is 12.1. The van der Waals surface area contributed by atoms with Crippen molar-refractivity contribution in [1.29, 1.82) is 0 Å². The van der Waals surface area contributed by atoms with Crippen LogP contribution >= 0.6 is 23.2 Å². The molecule has 5 rings (SSSR count). The number of rotatable bonds is 7. The number of ether oxygens (including phenoxy) is 1. The first-order valence-electron chi connectivity index (χ1n) is 10.8. The van der Waals surface area contributed by atoms with Gasteiger partial charge in [0.05, 0.1) is 18.4 Å². The van der Waals surface area contributed by atoms with E-state index in [1.54, 1.807) is 30.5 Å². The van der Waals surface area contributed by atoms with E-state index in [1.807, 2.05) is 6.07 Å². The van der Waals surface area contributed by atoms with Gasteiger partial charge in [0.2, 0.25) is 0 Å². The maximum absolute atomic E-state index is 13.1. The summed E-state index contributed by atoms with van der Waals surface area (Å²) in [5.41, 5.74) is 1.02. The van der Waals surface area contributed by atoms with Gasteiger partial charge < -0.3 is 9.64 Å². The topological polar surface area (TPSA) is 69.0 Å². The zero-order valence-corrected chi connectivity index (χ0v) is 18.9. The predicted octanol–water partition coefficient (Wildman–Crippen LogP) is 4.84. The molecule has 3 heterocycles. The van der Waals surface area contributed by atoms with Crippen LogP contribution < -0.4 is 9.64 Å². The summed E-state index contributed by atoms with van der Waals surface area (Å²) in [5, 5.41) is 13.4. The summed E-state index contributed by atoms with van der Waals surface area (Å²) < 4.78 is 20.5. The molecule has 168 valence electrons. The Bertz CT molecular complexity index is 1080. The molecule has 10 heteroatoms. The molecule has 2 bridgehead atoms. The molecular formula is C22H23Cl2FN6O. The van der Waals surface area contributed by atoms with E-state index >= 15 is 0 Å². The van der Waals surface area contributed by atoms with E-state index in [4.69, 9.17) is 27.9 Å². The lowest BCUT2D eigenvalue weighted by Crippen LogP contribution is -2.42. The quantitative estimate of drug-likeness (QED) is 0.485. The van der Waals surface area contributed by atoms with E-state index in [0.717, 1.165) is 25.2 Å². The molecule has 1 saturated heterocycles. The Labute approximate surface area is 195 Å². The second kappa shape index (κ2) is 9.19. The van der Waals surface area contributed by atoms with Gasteiger partial charge in [-0.15, -0.1) is 5.10 Å². The zero-order valence-electron chi connectivity index (χ0n) is 17.4. The number of halogens is 3. The van der Waals surface area contributed by atoms with Gasteiger partial charge in [-0.25, -0.2) is 9.07 Å². The number of benzene rings is 1. The lowest BCUT2D eigenvalue weighted by molar-refractivity contribution is 0.265. The SMILES string of the molecule is FCCn1nc(CC2C3CCC2CN(c2cnnc(Cl)c2)C3)nc1Oc1cccc(Cl)c1. The molecule has 2 aliphatic rings. The molecule has 3 aromatic rings. The number of alkyl halides is 1. The molecule has 2 fully saturated rings. The Kier molecular flexibility index (Phi) is 6.15. The minimum absolute atomic E-state index is 0.101. The van der Waals surface area contributed by atoms with Gasteiger partial charge in [0.25, 0.3) is 0 Å². The van der Waals surface area contributed by atoms with Crippen LogP contribution in [0, 0.1) is 17.8 Å². The molecule has 0 amide bonds. The molecule has 1 aliphatic carbocycles. The Hall–Kier alpha value is -2.45. The molecule has 2 unspecified atom stereocenters. The minimum atomic E-state index is -0.541. The van der Waals surface area contributed by atoms with E-state index in [-0.39, 0.29) is 6.54 Å². The number of nitrogens with zero attached hydrogens (tertiary/aromatic N) is 6. The lowest BCUT2D eigenvalue weighted by Gasteiger charge is -2.38. The van der Waals surface area contributed by atoms with Crippen LogP contribution in [0.4, 0.5) is 10.1 Å². The number of hydrogen-bond acceptors (Lipinski definition) is 6. The van der Waals surface area contributed by atoms with Gasteiger partial charge in [-0.1, -0.05) is 29.3 Å². The molecule has 1 saturated carbocycles. The fourth-order valence-electron chi connectivity index (χ4n) is 4.99. The number of aryl methyl sites for hydroxylation is 1. The fourth-order valence-corrected chi connectivity index (χ4v) is 5.33. The molecule has 2 atom stereocenters. The lowest BCUT2D eigenvalue weighted by atomic mass is 9.82. The normalized spacial score (nSPS) is 22.3. The Balaban J connectivity index is 1.31. The van der Waals surface area contributed by atoms with Gasteiger partial charge in [-0.3, -0.25) is 0 Å². The van der Waals surface area contributed by atoms with Gasteiger partial charge in [0.15, 0.2) is 11.0 Å². The summed E-state index contributed by atoms with van der Waals surface area (Å²) in [6, 6.07) is 9.22. The van der Waals surface area contributed by atoms with Gasteiger partial charge >= 0.3 is 6.01 Å². The second-order valence-corrected chi connectivity index (χ2v) is 9.21. The maximum atomic E-state index is 13.1. The van der Waals surface area contributed by atoms with Crippen molar-refractivity contribution in [2.24, 2.45) is 17.8 Å². The number of piperidine rings is 1. The van der Waals surface area contributed by atoms with Crippen molar-refractivity contribution in [1.82, 2.24) is 25.0 Å². The van der Waals surface area contributed by atoms with Crippen LogP contribution in [0.5, 0.6) is 11.8 Å². The smallest absolute Gasteiger partial charge is 0.320 e. The van der Waals surface area contributed by atoms with Gasteiger partial charge in [0, 0.05) is 30.6 Å². The standard InChI is InChI=1S/C22H23Cl2FN6O/c23-16-2-1-3-18(8-16)32-22-27-21(29-31(22)7-6-25)10-19-14-4-5-15(19)13-30(12-14)17-9-20(24)28-26-11-17/h1-3,8-9,11,14-15,19H,4-7,10,12-13H2. The Morgan fingerprint density at radius 1 is 1.12 bits per heavy atom. The van der Waals surface area contributed by atoms with E-state index in [0.29, 0.717) is 45.5 Å². The summed E-state index contributed by atoms with van der Waals surface area (Å²) in [6.45, 7) is 1.45. The van der Waals surface area contributed by atoms with E-state index in [2.05, 4.69) is 25.2 Å².